The molecule has 2 heterocycles. The predicted octanol–water partition coefficient (Wildman–Crippen LogP) is 3.62. The monoisotopic (exact) mass is 498 g/mol. The molecule has 1 saturated heterocycles. The van der Waals surface area contributed by atoms with Gasteiger partial charge in [0.2, 0.25) is 11.7 Å². The van der Waals surface area contributed by atoms with E-state index in [4.69, 9.17) is 13.9 Å². The Hall–Kier alpha value is -3.27. The van der Waals surface area contributed by atoms with E-state index >= 15 is 0 Å². The summed E-state index contributed by atoms with van der Waals surface area (Å²) in [6.45, 7) is 3.51. The van der Waals surface area contributed by atoms with Crippen molar-refractivity contribution in [2.24, 2.45) is 5.92 Å². The van der Waals surface area contributed by atoms with Crippen LogP contribution in [0.5, 0.6) is 0 Å². The first-order chi connectivity index (χ1) is 17.5. The van der Waals surface area contributed by atoms with Gasteiger partial charge in [0, 0.05) is 18.7 Å². The summed E-state index contributed by atoms with van der Waals surface area (Å²) in [4.78, 5) is 40.7. The summed E-state index contributed by atoms with van der Waals surface area (Å²) in [5.74, 6) is -0.598. The van der Waals surface area contributed by atoms with Crippen molar-refractivity contribution >= 4 is 17.8 Å². The summed E-state index contributed by atoms with van der Waals surface area (Å²) in [5.41, 5.74) is 0.698. The smallest absolute Gasteiger partial charge is 0.410 e. The van der Waals surface area contributed by atoms with Crippen molar-refractivity contribution in [3.8, 4) is 11.5 Å². The van der Waals surface area contributed by atoms with Crippen molar-refractivity contribution in [2.75, 3.05) is 26.3 Å². The molecule has 10 heteroatoms. The summed E-state index contributed by atoms with van der Waals surface area (Å²) in [6.07, 6.45) is 4.64. The number of ketones is 1. The lowest BCUT2D eigenvalue weighted by molar-refractivity contribution is -0.132. The van der Waals surface area contributed by atoms with Crippen molar-refractivity contribution in [3.63, 3.8) is 0 Å². The highest BCUT2D eigenvalue weighted by molar-refractivity contribution is 5.99. The molecule has 0 radical (unpaired) electrons. The van der Waals surface area contributed by atoms with E-state index in [9.17, 15) is 14.4 Å². The molecule has 2 aliphatic rings. The van der Waals surface area contributed by atoms with Crippen molar-refractivity contribution < 1.29 is 28.3 Å². The standard InChI is InChI=1S/C26H34N4O6/c1-2-20(22(31)25-29-28-24(36-25)19-11-7-4-8-12-19)27-23(32)21(17-18-9-5-3-6-10-18)35-26(33)30-13-15-34-16-14-30/h4,7-8,11-12,18,20-21H,2-3,5-6,9-10,13-17H2,1H3,(H,27,32). The molecule has 1 aromatic carbocycles. The number of hydrogen-bond acceptors (Lipinski definition) is 8. The van der Waals surface area contributed by atoms with E-state index in [2.05, 4.69) is 15.5 Å². The zero-order chi connectivity index (χ0) is 25.3. The molecule has 0 spiro atoms. The molecule has 1 N–H and O–H groups in total. The van der Waals surface area contributed by atoms with E-state index in [0.717, 1.165) is 25.7 Å². The Morgan fingerprint density at radius 1 is 1.08 bits per heavy atom. The summed E-state index contributed by atoms with van der Waals surface area (Å²) < 4.78 is 16.6. The van der Waals surface area contributed by atoms with Gasteiger partial charge in [-0.25, -0.2) is 4.79 Å². The van der Waals surface area contributed by atoms with Crippen LogP contribution in [-0.4, -0.2) is 71.3 Å². The lowest BCUT2D eigenvalue weighted by Gasteiger charge is -2.30. The molecule has 2 unspecified atom stereocenters. The number of amides is 2. The highest BCUT2D eigenvalue weighted by Gasteiger charge is 2.33. The van der Waals surface area contributed by atoms with Crippen molar-refractivity contribution in [1.29, 1.82) is 0 Å². The molecular formula is C26H34N4O6. The molecule has 0 bridgehead atoms. The number of benzene rings is 1. The van der Waals surface area contributed by atoms with Crippen molar-refractivity contribution in [1.82, 2.24) is 20.4 Å². The zero-order valence-electron chi connectivity index (χ0n) is 20.7. The average Bonchev–Trinajstić information content (AvgIpc) is 3.43. The Balaban J connectivity index is 1.43. The number of rotatable bonds is 9. The van der Waals surface area contributed by atoms with E-state index in [1.54, 1.807) is 24.0 Å². The first-order valence-electron chi connectivity index (χ1n) is 12.8. The van der Waals surface area contributed by atoms with Crippen LogP contribution in [0.2, 0.25) is 0 Å². The van der Waals surface area contributed by atoms with Gasteiger partial charge in [0.1, 0.15) is 0 Å². The van der Waals surface area contributed by atoms with Gasteiger partial charge in [-0.2, -0.15) is 0 Å². The molecule has 2 aromatic rings. The van der Waals surface area contributed by atoms with Gasteiger partial charge in [-0.15, -0.1) is 10.2 Å². The number of ether oxygens (including phenoxy) is 2. The highest BCUT2D eigenvalue weighted by Crippen LogP contribution is 2.28. The van der Waals surface area contributed by atoms with Crippen LogP contribution in [0.25, 0.3) is 11.5 Å². The summed E-state index contributed by atoms with van der Waals surface area (Å²) in [6, 6.07) is 8.27. The molecular weight excluding hydrogens is 464 g/mol. The molecule has 36 heavy (non-hydrogen) atoms. The quantitative estimate of drug-likeness (QED) is 0.520. The minimum atomic E-state index is -0.979. The number of nitrogens with zero attached hydrogens (tertiary/aromatic N) is 3. The summed E-state index contributed by atoms with van der Waals surface area (Å²) in [7, 11) is 0. The van der Waals surface area contributed by atoms with Crippen molar-refractivity contribution in [2.45, 2.75) is 64.0 Å². The van der Waals surface area contributed by atoms with Gasteiger partial charge in [-0.05, 0) is 30.9 Å². The van der Waals surface area contributed by atoms with Crippen molar-refractivity contribution in [3.05, 3.63) is 36.2 Å². The number of carbonyl (C=O) groups is 3. The largest absolute Gasteiger partial charge is 0.436 e. The molecule has 2 atom stereocenters. The highest BCUT2D eigenvalue weighted by atomic mass is 16.6. The zero-order valence-corrected chi connectivity index (χ0v) is 20.7. The second kappa shape index (κ2) is 12.6. The lowest BCUT2D eigenvalue weighted by atomic mass is 9.85. The fourth-order valence-electron chi connectivity index (χ4n) is 4.66. The number of nitrogens with one attached hydrogen (secondary N) is 1. The number of morpholine rings is 1. The van der Waals surface area contributed by atoms with E-state index in [0.29, 0.717) is 50.6 Å². The van der Waals surface area contributed by atoms with Crippen LogP contribution < -0.4 is 5.32 Å². The van der Waals surface area contributed by atoms with Crippen LogP contribution >= 0.6 is 0 Å². The molecule has 4 rings (SSSR count). The molecule has 10 nitrogen and oxygen atoms in total. The fraction of sp³-hybridized carbons (Fsp3) is 0.577. The molecule has 1 aromatic heterocycles. The van der Waals surface area contributed by atoms with Crippen LogP contribution in [0.3, 0.4) is 0 Å². The number of Topliss-reactive ketones (excluding diaryl/α,β-unsaturated/α-hetero) is 1. The molecule has 1 aliphatic carbocycles. The van der Waals surface area contributed by atoms with Gasteiger partial charge in [0.25, 0.3) is 11.8 Å². The number of hydrogen-bond donors (Lipinski definition) is 1. The molecule has 2 amide bonds. The van der Waals surface area contributed by atoms with Crippen LogP contribution in [0, 0.1) is 5.92 Å². The normalized spacial score (nSPS) is 18.3. The summed E-state index contributed by atoms with van der Waals surface area (Å²) in [5, 5.41) is 10.6. The van der Waals surface area contributed by atoms with Gasteiger partial charge in [-0.3, -0.25) is 9.59 Å². The number of aromatic nitrogens is 2. The maximum absolute atomic E-state index is 13.3. The van der Waals surface area contributed by atoms with E-state index in [1.807, 2.05) is 18.2 Å². The molecule has 2 fully saturated rings. The van der Waals surface area contributed by atoms with Crippen LogP contribution in [0.15, 0.2) is 34.7 Å². The Morgan fingerprint density at radius 2 is 1.81 bits per heavy atom. The maximum atomic E-state index is 13.3. The SMILES string of the molecule is CCC(NC(=O)C(CC1CCCCC1)OC(=O)N1CCOCC1)C(=O)c1nnc(-c2ccccc2)o1. The fourth-order valence-corrected chi connectivity index (χ4v) is 4.66. The topological polar surface area (TPSA) is 124 Å². The third-order valence-corrected chi connectivity index (χ3v) is 6.77. The maximum Gasteiger partial charge on any atom is 0.410 e. The Morgan fingerprint density at radius 3 is 2.50 bits per heavy atom. The van der Waals surface area contributed by atoms with Gasteiger partial charge >= 0.3 is 6.09 Å². The third kappa shape index (κ3) is 6.69. The predicted molar refractivity (Wildman–Crippen MR) is 130 cm³/mol. The van der Waals surface area contributed by atoms with Gasteiger partial charge < -0.3 is 24.1 Å². The van der Waals surface area contributed by atoms with Crippen LogP contribution in [0.1, 0.15) is 62.6 Å². The molecule has 1 aliphatic heterocycles. The number of carbonyl (C=O) groups excluding carboxylic acids is 3. The van der Waals surface area contributed by atoms with Gasteiger partial charge in [0.15, 0.2) is 6.10 Å². The summed E-state index contributed by atoms with van der Waals surface area (Å²) >= 11 is 0. The second-order valence-corrected chi connectivity index (χ2v) is 9.32. The average molecular weight is 499 g/mol. The lowest BCUT2D eigenvalue weighted by Crippen LogP contribution is -2.49. The van der Waals surface area contributed by atoms with Gasteiger partial charge in [-0.1, -0.05) is 57.2 Å². The first-order valence-corrected chi connectivity index (χ1v) is 12.8. The van der Waals surface area contributed by atoms with E-state index in [-0.39, 0.29) is 11.8 Å². The van der Waals surface area contributed by atoms with Gasteiger partial charge in [0.05, 0.1) is 19.3 Å². The van der Waals surface area contributed by atoms with Crippen LogP contribution in [0.4, 0.5) is 4.79 Å². The third-order valence-electron chi connectivity index (χ3n) is 6.77. The molecule has 1 saturated carbocycles. The minimum Gasteiger partial charge on any atom is -0.436 e. The van der Waals surface area contributed by atoms with Crippen LogP contribution in [-0.2, 0) is 14.3 Å². The Kier molecular flexibility index (Phi) is 9.05. The van der Waals surface area contributed by atoms with E-state index < -0.39 is 29.9 Å². The Labute approximate surface area is 210 Å². The second-order valence-electron chi connectivity index (χ2n) is 9.32. The Bertz CT molecular complexity index is 1010. The van der Waals surface area contributed by atoms with E-state index in [1.165, 1.54) is 6.42 Å². The first kappa shape index (κ1) is 25.8. The minimum absolute atomic E-state index is 0.171. The molecule has 194 valence electrons.